The zero-order valence-corrected chi connectivity index (χ0v) is 13.5. The predicted octanol–water partition coefficient (Wildman–Crippen LogP) is 4.13. The summed E-state index contributed by atoms with van der Waals surface area (Å²) >= 11 is 6.37. The Kier molecular flexibility index (Phi) is 5.78. The van der Waals surface area contributed by atoms with E-state index in [0.717, 1.165) is 0 Å². The van der Waals surface area contributed by atoms with Crippen LogP contribution in [0.5, 0.6) is 0 Å². The molecule has 0 fully saturated rings. The number of aromatic carboxylic acids is 2. The van der Waals surface area contributed by atoms with Crippen molar-refractivity contribution in [3.63, 3.8) is 0 Å². The minimum atomic E-state index is -1.25. The van der Waals surface area contributed by atoms with E-state index < -0.39 is 11.9 Å². The van der Waals surface area contributed by atoms with Gasteiger partial charge in [-0.05, 0) is 41.9 Å². The van der Waals surface area contributed by atoms with Crippen LogP contribution in [0.2, 0.25) is 5.02 Å². The summed E-state index contributed by atoms with van der Waals surface area (Å²) in [4.78, 5) is 22.9. The lowest BCUT2D eigenvalue weighted by molar-refractivity contribution is 0.0650. The van der Waals surface area contributed by atoms with Crippen LogP contribution >= 0.6 is 11.6 Å². The average Bonchev–Trinajstić information content (AvgIpc) is 2.31. The largest absolute Gasteiger partial charge is 0.478 e. The zero-order valence-electron chi connectivity index (χ0n) is 12.7. The van der Waals surface area contributed by atoms with E-state index in [-0.39, 0.29) is 17.0 Å². The minimum absolute atomic E-state index is 0.177. The van der Waals surface area contributed by atoms with Crippen LogP contribution in [0.15, 0.2) is 6.07 Å². The molecule has 0 radical (unpaired) electrons. The molecule has 21 heavy (non-hydrogen) atoms. The maximum atomic E-state index is 11.5. The third-order valence-corrected chi connectivity index (χ3v) is 3.59. The Balaban J connectivity index is 3.64. The van der Waals surface area contributed by atoms with Crippen LogP contribution in [-0.4, -0.2) is 22.2 Å². The van der Waals surface area contributed by atoms with Gasteiger partial charge < -0.3 is 10.2 Å². The smallest absolute Gasteiger partial charge is 0.336 e. The monoisotopic (exact) mass is 312 g/mol. The second-order valence-electron chi connectivity index (χ2n) is 6.06. The van der Waals surface area contributed by atoms with E-state index in [1.54, 1.807) is 0 Å². The van der Waals surface area contributed by atoms with Crippen LogP contribution in [0, 0.1) is 11.8 Å². The normalized spacial score (nSPS) is 11.2. The van der Waals surface area contributed by atoms with Crippen LogP contribution in [0.25, 0.3) is 0 Å². The molecule has 5 heteroatoms. The highest BCUT2D eigenvalue weighted by atomic mass is 35.5. The van der Waals surface area contributed by atoms with Crippen molar-refractivity contribution < 1.29 is 19.8 Å². The van der Waals surface area contributed by atoms with Crippen molar-refractivity contribution in [2.45, 2.75) is 40.5 Å². The third-order valence-electron chi connectivity index (χ3n) is 3.12. The molecule has 1 aromatic rings. The second kappa shape index (κ2) is 6.94. The second-order valence-corrected chi connectivity index (χ2v) is 6.43. The fraction of sp³-hybridized carbons (Fsp3) is 0.500. The maximum absolute atomic E-state index is 11.5. The molecule has 0 aliphatic carbocycles. The molecule has 0 heterocycles. The van der Waals surface area contributed by atoms with Crippen molar-refractivity contribution in [1.29, 1.82) is 0 Å². The molecule has 0 bridgehead atoms. The van der Waals surface area contributed by atoms with Gasteiger partial charge in [-0.2, -0.15) is 0 Å². The third kappa shape index (κ3) is 4.21. The number of carboxylic acids is 2. The number of rotatable bonds is 6. The molecular formula is C16H21ClO4. The standard InChI is InChI=1S/C16H21ClO4/c1-8(2)5-10-7-12(15(18)19)13(16(20)21)11(14(10)17)6-9(3)4/h7-9H,5-6H2,1-4H3,(H,18,19)(H,20,21). The molecule has 0 unspecified atom stereocenters. The number of hydrogen-bond donors (Lipinski definition) is 2. The summed E-state index contributed by atoms with van der Waals surface area (Å²) in [5.74, 6) is -2.01. The van der Waals surface area contributed by atoms with Gasteiger partial charge in [0.15, 0.2) is 0 Å². The first kappa shape index (κ1) is 17.5. The topological polar surface area (TPSA) is 74.6 Å². The first-order valence-electron chi connectivity index (χ1n) is 6.95. The Bertz CT molecular complexity index is 562. The molecule has 1 aromatic carbocycles. The molecule has 0 aliphatic rings. The number of halogens is 1. The molecular weight excluding hydrogens is 292 g/mol. The fourth-order valence-electron chi connectivity index (χ4n) is 2.38. The van der Waals surface area contributed by atoms with Crippen molar-refractivity contribution >= 4 is 23.5 Å². The zero-order chi connectivity index (χ0) is 16.3. The highest BCUT2D eigenvalue weighted by Gasteiger charge is 2.25. The predicted molar refractivity (Wildman–Crippen MR) is 82.5 cm³/mol. The van der Waals surface area contributed by atoms with Crippen molar-refractivity contribution in [3.8, 4) is 0 Å². The van der Waals surface area contributed by atoms with Crippen molar-refractivity contribution in [3.05, 3.63) is 33.3 Å². The number of hydrogen-bond acceptors (Lipinski definition) is 2. The summed E-state index contributed by atoms with van der Waals surface area (Å²) in [5, 5.41) is 19.1. The molecule has 0 atom stereocenters. The van der Waals surface area contributed by atoms with Gasteiger partial charge in [0.25, 0.3) is 0 Å². The maximum Gasteiger partial charge on any atom is 0.336 e. The lowest BCUT2D eigenvalue weighted by atomic mass is 9.89. The van der Waals surface area contributed by atoms with Gasteiger partial charge in [-0.1, -0.05) is 39.3 Å². The Morgan fingerprint density at radius 3 is 1.95 bits per heavy atom. The Morgan fingerprint density at radius 2 is 1.57 bits per heavy atom. The highest BCUT2D eigenvalue weighted by Crippen LogP contribution is 2.32. The fourth-order valence-corrected chi connectivity index (χ4v) is 2.68. The molecule has 0 saturated carbocycles. The number of carbonyl (C=O) groups is 2. The molecule has 116 valence electrons. The van der Waals surface area contributed by atoms with Crippen LogP contribution in [-0.2, 0) is 12.8 Å². The number of carboxylic acid groups (broad SMARTS) is 2. The average molecular weight is 313 g/mol. The molecule has 0 saturated heterocycles. The van der Waals surface area contributed by atoms with Crippen LogP contribution < -0.4 is 0 Å². The molecule has 0 aliphatic heterocycles. The SMILES string of the molecule is CC(C)Cc1cc(C(=O)O)c(C(=O)O)c(CC(C)C)c1Cl. The Morgan fingerprint density at radius 1 is 1.05 bits per heavy atom. The Hall–Kier alpha value is -1.55. The van der Waals surface area contributed by atoms with Gasteiger partial charge in [-0.25, -0.2) is 9.59 Å². The van der Waals surface area contributed by atoms with Gasteiger partial charge >= 0.3 is 11.9 Å². The molecule has 0 amide bonds. The van der Waals surface area contributed by atoms with E-state index in [9.17, 15) is 19.8 Å². The summed E-state index contributed by atoms with van der Waals surface area (Å²) in [6, 6.07) is 1.40. The highest BCUT2D eigenvalue weighted by molar-refractivity contribution is 6.33. The van der Waals surface area contributed by atoms with E-state index in [0.29, 0.717) is 34.9 Å². The van der Waals surface area contributed by atoms with Crippen LogP contribution in [0.4, 0.5) is 0 Å². The first-order chi connectivity index (χ1) is 9.65. The van der Waals surface area contributed by atoms with Crippen molar-refractivity contribution in [2.75, 3.05) is 0 Å². The van der Waals surface area contributed by atoms with Gasteiger partial charge in [0.2, 0.25) is 0 Å². The van der Waals surface area contributed by atoms with Gasteiger partial charge in [-0.3, -0.25) is 0 Å². The van der Waals surface area contributed by atoms with Gasteiger partial charge in [0.05, 0.1) is 11.1 Å². The van der Waals surface area contributed by atoms with Gasteiger partial charge in [0.1, 0.15) is 0 Å². The van der Waals surface area contributed by atoms with E-state index >= 15 is 0 Å². The lowest BCUT2D eigenvalue weighted by Gasteiger charge is -2.18. The van der Waals surface area contributed by atoms with Crippen LogP contribution in [0.3, 0.4) is 0 Å². The minimum Gasteiger partial charge on any atom is -0.478 e. The molecule has 0 spiro atoms. The van der Waals surface area contributed by atoms with Gasteiger partial charge in [0, 0.05) is 5.02 Å². The quantitative estimate of drug-likeness (QED) is 0.828. The molecule has 4 nitrogen and oxygen atoms in total. The summed E-state index contributed by atoms with van der Waals surface area (Å²) in [6.45, 7) is 7.89. The summed E-state index contributed by atoms with van der Waals surface area (Å²) in [5.41, 5.74) is 0.756. The first-order valence-corrected chi connectivity index (χ1v) is 7.33. The molecule has 2 N–H and O–H groups in total. The van der Waals surface area contributed by atoms with E-state index in [2.05, 4.69) is 0 Å². The van der Waals surface area contributed by atoms with Crippen LogP contribution in [0.1, 0.15) is 59.5 Å². The van der Waals surface area contributed by atoms with Gasteiger partial charge in [-0.15, -0.1) is 0 Å². The summed E-state index contributed by atoms with van der Waals surface area (Å²) < 4.78 is 0. The Labute approximate surface area is 129 Å². The molecule has 0 aromatic heterocycles. The van der Waals surface area contributed by atoms with E-state index in [4.69, 9.17) is 11.6 Å². The summed E-state index contributed by atoms with van der Waals surface area (Å²) in [7, 11) is 0. The number of benzene rings is 1. The molecule has 1 rings (SSSR count). The van der Waals surface area contributed by atoms with E-state index in [1.807, 2.05) is 27.7 Å². The summed E-state index contributed by atoms with van der Waals surface area (Å²) in [6.07, 6.45) is 1.05. The van der Waals surface area contributed by atoms with E-state index in [1.165, 1.54) is 6.07 Å². The van der Waals surface area contributed by atoms with Crippen molar-refractivity contribution in [2.24, 2.45) is 11.8 Å². The van der Waals surface area contributed by atoms with Crippen molar-refractivity contribution in [1.82, 2.24) is 0 Å². The lowest BCUT2D eigenvalue weighted by Crippen LogP contribution is -2.15.